The van der Waals surface area contributed by atoms with Gasteiger partial charge in [-0.1, -0.05) is 17.8 Å². The van der Waals surface area contributed by atoms with Crippen molar-refractivity contribution in [3.8, 4) is 0 Å². The van der Waals surface area contributed by atoms with E-state index in [1.165, 1.54) is 18.4 Å². The van der Waals surface area contributed by atoms with E-state index in [0.717, 1.165) is 35.5 Å². The van der Waals surface area contributed by atoms with Crippen LogP contribution in [-0.2, 0) is 12.8 Å². The minimum atomic E-state index is 0.491. The fraction of sp³-hybridized carbons (Fsp3) is 0.533. The molecule has 0 amide bonds. The molecule has 1 fully saturated rings. The highest BCUT2D eigenvalue weighted by Gasteiger charge is 2.21. The topological polar surface area (TPSA) is 55.6 Å². The monoisotopic (exact) mass is 303 g/mol. The smallest absolute Gasteiger partial charge is 0.191 e. The number of nitrogens with one attached hydrogen (secondary N) is 1. The molecule has 2 aromatic rings. The van der Waals surface area contributed by atoms with Gasteiger partial charge >= 0.3 is 0 Å². The molecule has 5 nitrogen and oxygen atoms in total. The lowest BCUT2D eigenvalue weighted by Gasteiger charge is -2.21. The third kappa shape index (κ3) is 3.27. The summed E-state index contributed by atoms with van der Waals surface area (Å²) in [4.78, 5) is 4.33. The SMILES string of the molecule is Cc1ncccc1CSc1nnc([C@H]2CCCNC2)n1C. The van der Waals surface area contributed by atoms with Crippen molar-refractivity contribution >= 4 is 11.8 Å². The van der Waals surface area contributed by atoms with Gasteiger partial charge in [-0.15, -0.1) is 10.2 Å². The molecule has 0 spiro atoms. The van der Waals surface area contributed by atoms with E-state index in [-0.39, 0.29) is 0 Å². The number of aromatic nitrogens is 4. The van der Waals surface area contributed by atoms with Crippen molar-refractivity contribution in [2.75, 3.05) is 13.1 Å². The Morgan fingerprint density at radius 2 is 2.33 bits per heavy atom. The summed E-state index contributed by atoms with van der Waals surface area (Å²) in [5.74, 6) is 2.48. The first-order chi connectivity index (χ1) is 10.3. The summed E-state index contributed by atoms with van der Waals surface area (Å²) >= 11 is 1.73. The summed E-state index contributed by atoms with van der Waals surface area (Å²) in [6, 6.07) is 4.11. The van der Waals surface area contributed by atoms with Crippen molar-refractivity contribution in [2.45, 2.75) is 36.6 Å². The number of nitrogens with zero attached hydrogens (tertiary/aromatic N) is 4. The Balaban J connectivity index is 1.69. The zero-order valence-electron chi connectivity index (χ0n) is 12.5. The van der Waals surface area contributed by atoms with Gasteiger partial charge in [0.05, 0.1) is 0 Å². The molecule has 1 saturated heterocycles. The zero-order chi connectivity index (χ0) is 14.7. The Kier molecular flexibility index (Phi) is 4.55. The number of rotatable bonds is 4. The number of pyridine rings is 1. The Hall–Kier alpha value is -1.40. The average Bonchev–Trinajstić information content (AvgIpc) is 2.88. The van der Waals surface area contributed by atoms with Gasteiger partial charge in [0.2, 0.25) is 0 Å². The second-order valence-electron chi connectivity index (χ2n) is 5.48. The third-order valence-electron chi connectivity index (χ3n) is 4.00. The number of hydrogen-bond acceptors (Lipinski definition) is 5. The molecule has 1 atom stereocenters. The maximum atomic E-state index is 4.41. The van der Waals surface area contributed by atoms with Gasteiger partial charge in [0.25, 0.3) is 0 Å². The maximum Gasteiger partial charge on any atom is 0.191 e. The quantitative estimate of drug-likeness (QED) is 0.878. The van der Waals surface area contributed by atoms with Crippen LogP contribution in [0.3, 0.4) is 0 Å². The standard InChI is InChI=1S/C15H21N5S/c1-11-13(6-4-8-17-11)10-21-15-19-18-14(20(15)2)12-5-3-7-16-9-12/h4,6,8,12,16H,3,5,7,9-10H2,1-2H3/t12-/m0/s1. The summed E-state index contributed by atoms with van der Waals surface area (Å²) in [6.45, 7) is 4.18. The van der Waals surface area contributed by atoms with E-state index in [9.17, 15) is 0 Å². The first-order valence-corrected chi connectivity index (χ1v) is 8.37. The zero-order valence-corrected chi connectivity index (χ0v) is 13.4. The molecule has 6 heteroatoms. The molecule has 112 valence electrons. The van der Waals surface area contributed by atoms with Crippen LogP contribution in [0.25, 0.3) is 0 Å². The van der Waals surface area contributed by atoms with Crippen LogP contribution >= 0.6 is 11.8 Å². The van der Waals surface area contributed by atoms with Gasteiger partial charge in [0, 0.05) is 37.2 Å². The van der Waals surface area contributed by atoms with Crippen LogP contribution in [0.4, 0.5) is 0 Å². The first kappa shape index (κ1) is 14.5. The minimum absolute atomic E-state index is 0.491. The fourth-order valence-electron chi connectivity index (χ4n) is 2.69. The van der Waals surface area contributed by atoms with Crippen LogP contribution in [0, 0.1) is 6.92 Å². The van der Waals surface area contributed by atoms with Crippen molar-refractivity contribution in [3.63, 3.8) is 0 Å². The van der Waals surface area contributed by atoms with Gasteiger partial charge in [0.15, 0.2) is 5.16 Å². The van der Waals surface area contributed by atoms with E-state index in [4.69, 9.17) is 0 Å². The summed E-state index contributed by atoms with van der Waals surface area (Å²) in [7, 11) is 2.07. The molecule has 0 aliphatic carbocycles. The molecule has 0 aromatic carbocycles. The highest BCUT2D eigenvalue weighted by atomic mass is 32.2. The van der Waals surface area contributed by atoms with Crippen LogP contribution in [0.2, 0.25) is 0 Å². The minimum Gasteiger partial charge on any atom is -0.316 e. The lowest BCUT2D eigenvalue weighted by Crippen LogP contribution is -2.29. The first-order valence-electron chi connectivity index (χ1n) is 7.39. The van der Waals surface area contributed by atoms with Gasteiger partial charge in [-0.2, -0.15) is 0 Å². The molecule has 1 N–H and O–H groups in total. The Morgan fingerprint density at radius 1 is 1.43 bits per heavy atom. The number of piperidine rings is 1. The molecule has 0 unspecified atom stereocenters. The molecule has 3 heterocycles. The van der Waals surface area contributed by atoms with E-state index in [1.807, 2.05) is 19.2 Å². The summed E-state index contributed by atoms with van der Waals surface area (Å²) in [6.07, 6.45) is 4.25. The van der Waals surface area contributed by atoms with Crippen molar-refractivity contribution in [1.82, 2.24) is 25.1 Å². The highest BCUT2D eigenvalue weighted by Crippen LogP contribution is 2.26. The number of hydrogen-bond donors (Lipinski definition) is 1. The highest BCUT2D eigenvalue weighted by molar-refractivity contribution is 7.98. The Labute approximate surface area is 129 Å². The normalized spacial score (nSPS) is 18.9. The van der Waals surface area contributed by atoms with Gasteiger partial charge < -0.3 is 9.88 Å². The van der Waals surface area contributed by atoms with Gasteiger partial charge in [-0.3, -0.25) is 4.98 Å². The third-order valence-corrected chi connectivity index (χ3v) is 5.07. The molecule has 1 aliphatic heterocycles. The molecule has 3 rings (SSSR count). The second-order valence-corrected chi connectivity index (χ2v) is 6.42. The van der Waals surface area contributed by atoms with Crippen LogP contribution in [0.5, 0.6) is 0 Å². The van der Waals surface area contributed by atoms with Crippen molar-refractivity contribution in [2.24, 2.45) is 7.05 Å². The van der Waals surface area contributed by atoms with Crippen molar-refractivity contribution in [3.05, 3.63) is 35.4 Å². The summed E-state index contributed by atoms with van der Waals surface area (Å²) < 4.78 is 2.15. The Bertz CT molecular complexity index is 604. The largest absolute Gasteiger partial charge is 0.316 e. The van der Waals surface area contributed by atoms with Crippen molar-refractivity contribution in [1.29, 1.82) is 0 Å². The van der Waals surface area contributed by atoms with E-state index in [2.05, 4.69) is 38.2 Å². The van der Waals surface area contributed by atoms with Crippen molar-refractivity contribution < 1.29 is 0 Å². The lowest BCUT2D eigenvalue weighted by atomic mass is 9.99. The molecular formula is C15H21N5S. The lowest BCUT2D eigenvalue weighted by molar-refractivity contribution is 0.436. The fourth-order valence-corrected chi connectivity index (χ4v) is 3.67. The summed E-state index contributed by atoms with van der Waals surface area (Å²) in [5, 5.41) is 13.2. The van der Waals surface area contributed by atoms with Crippen LogP contribution < -0.4 is 5.32 Å². The predicted octanol–water partition coefficient (Wildman–Crippen LogP) is 2.28. The van der Waals surface area contributed by atoms with Crippen LogP contribution in [0.1, 0.15) is 35.8 Å². The van der Waals surface area contributed by atoms with E-state index < -0.39 is 0 Å². The van der Waals surface area contributed by atoms with Gasteiger partial charge in [-0.05, 0) is 37.9 Å². The van der Waals surface area contributed by atoms with Crippen LogP contribution in [-0.4, -0.2) is 32.8 Å². The van der Waals surface area contributed by atoms with Crippen LogP contribution in [0.15, 0.2) is 23.5 Å². The van der Waals surface area contributed by atoms with E-state index >= 15 is 0 Å². The predicted molar refractivity (Wildman–Crippen MR) is 84.4 cm³/mol. The molecule has 0 bridgehead atoms. The molecule has 0 radical (unpaired) electrons. The maximum absolute atomic E-state index is 4.41. The molecular weight excluding hydrogens is 282 g/mol. The van der Waals surface area contributed by atoms with E-state index in [1.54, 1.807) is 11.8 Å². The summed E-state index contributed by atoms with van der Waals surface area (Å²) in [5.41, 5.74) is 2.34. The van der Waals surface area contributed by atoms with Gasteiger partial charge in [-0.25, -0.2) is 0 Å². The number of thioether (sulfide) groups is 1. The second kappa shape index (κ2) is 6.58. The molecule has 1 aliphatic rings. The molecule has 2 aromatic heterocycles. The van der Waals surface area contributed by atoms with E-state index in [0.29, 0.717) is 5.92 Å². The van der Waals surface area contributed by atoms with Gasteiger partial charge in [0.1, 0.15) is 5.82 Å². The number of aryl methyl sites for hydroxylation is 1. The Morgan fingerprint density at radius 3 is 3.10 bits per heavy atom. The average molecular weight is 303 g/mol. The molecule has 21 heavy (non-hydrogen) atoms. The molecule has 0 saturated carbocycles.